The molecule has 0 amide bonds. The molecule has 0 aliphatic heterocycles. The molecule has 2 rings (SSSR count). The molecule has 18 heavy (non-hydrogen) atoms. The van der Waals surface area contributed by atoms with Crippen LogP contribution in [-0.4, -0.2) is 9.78 Å². The molecule has 0 bridgehead atoms. The van der Waals surface area contributed by atoms with Crippen LogP contribution in [0.25, 0.3) is 5.69 Å². The minimum atomic E-state index is -4.57. The third kappa shape index (κ3) is 2.15. The molecule has 96 valence electrons. The minimum Gasteiger partial charge on any atom is -0.382 e. The van der Waals surface area contributed by atoms with Gasteiger partial charge in [-0.05, 0) is 25.1 Å². The highest BCUT2D eigenvalue weighted by Gasteiger charge is 2.31. The van der Waals surface area contributed by atoms with Gasteiger partial charge >= 0.3 is 6.18 Å². The number of nitrogens with two attached hydrogens (primary N) is 1. The summed E-state index contributed by atoms with van der Waals surface area (Å²) in [5.74, 6) is -0.831. The molecule has 0 aliphatic rings. The van der Waals surface area contributed by atoms with Gasteiger partial charge in [0, 0.05) is 11.8 Å². The molecule has 0 fully saturated rings. The van der Waals surface area contributed by atoms with E-state index in [1.54, 1.807) is 6.92 Å². The van der Waals surface area contributed by atoms with Crippen molar-refractivity contribution < 1.29 is 17.6 Å². The van der Waals surface area contributed by atoms with Gasteiger partial charge in [0.2, 0.25) is 0 Å². The first-order chi connectivity index (χ1) is 8.29. The maximum absolute atomic E-state index is 13.7. The molecule has 0 radical (unpaired) electrons. The zero-order chi connectivity index (χ0) is 13.5. The predicted octanol–water partition coefficient (Wildman–Crippen LogP) is 2.92. The van der Waals surface area contributed by atoms with Gasteiger partial charge in [-0.15, -0.1) is 0 Å². The van der Waals surface area contributed by atoms with Crippen LogP contribution in [0.15, 0.2) is 24.3 Å². The van der Waals surface area contributed by atoms with E-state index < -0.39 is 17.6 Å². The number of benzene rings is 1. The molecule has 0 unspecified atom stereocenters. The standard InChI is InChI=1S/C11H9F4N3/c1-6-4-10(16)17-18(6)9-3-2-7(5-8(9)12)11(13,14)15/h2-5H,1H3,(H2,16,17). The highest BCUT2D eigenvalue weighted by molar-refractivity contribution is 5.41. The van der Waals surface area contributed by atoms with Crippen molar-refractivity contribution in [3.8, 4) is 5.69 Å². The van der Waals surface area contributed by atoms with Crippen LogP contribution in [0.5, 0.6) is 0 Å². The molecule has 0 aliphatic carbocycles. The Hall–Kier alpha value is -2.05. The van der Waals surface area contributed by atoms with E-state index in [9.17, 15) is 17.6 Å². The lowest BCUT2D eigenvalue weighted by Gasteiger charge is -2.10. The Morgan fingerprint density at radius 1 is 1.22 bits per heavy atom. The second-order valence-electron chi connectivity index (χ2n) is 3.79. The number of halogens is 4. The summed E-state index contributed by atoms with van der Waals surface area (Å²) in [7, 11) is 0. The summed E-state index contributed by atoms with van der Waals surface area (Å²) in [5.41, 5.74) is 4.85. The number of aryl methyl sites for hydroxylation is 1. The third-order valence-corrected chi connectivity index (χ3v) is 2.41. The summed E-state index contributed by atoms with van der Waals surface area (Å²) in [4.78, 5) is 0. The Morgan fingerprint density at radius 2 is 1.89 bits per heavy atom. The molecule has 1 aromatic carbocycles. The molecule has 7 heteroatoms. The number of rotatable bonds is 1. The molecular formula is C11H9F4N3. The SMILES string of the molecule is Cc1cc(N)nn1-c1ccc(C(F)(F)F)cc1F. The van der Waals surface area contributed by atoms with Crippen LogP contribution in [0, 0.1) is 12.7 Å². The summed E-state index contributed by atoms with van der Waals surface area (Å²) in [5, 5.41) is 3.81. The van der Waals surface area contributed by atoms with E-state index in [0.717, 1.165) is 16.8 Å². The third-order valence-electron chi connectivity index (χ3n) is 2.41. The van der Waals surface area contributed by atoms with Gasteiger partial charge in [0.25, 0.3) is 0 Å². The van der Waals surface area contributed by atoms with E-state index in [-0.39, 0.29) is 11.5 Å². The topological polar surface area (TPSA) is 43.8 Å². The first kappa shape index (κ1) is 12.4. The number of hydrogen-bond donors (Lipinski definition) is 1. The molecule has 2 aromatic rings. The molecule has 2 N–H and O–H groups in total. The number of aromatic nitrogens is 2. The second-order valence-corrected chi connectivity index (χ2v) is 3.79. The minimum absolute atomic E-state index is 0.0720. The van der Waals surface area contributed by atoms with Crippen LogP contribution >= 0.6 is 0 Å². The van der Waals surface area contributed by atoms with Crippen molar-refractivity contribution in [2.45, 2.75) is 13.1 Å². The van der Waals surface area contributed by atoms with Crippen molar-refractivity contribution in [3.63, 3.8) is 0 Å². The van der Waals surface area contributed by atoms with Crippen molar-refractivity contribution >= 4 is 5.82 Å². The predicted molar refractivity (Wildman–Crippen MR) is 57.7 cm³/mol. The molecule has 0 spiro atoms. The quantitative estimate of drug-likeness (QED) is 0.800. The van der Waals surface area contributed by atoms with Gasteiger partial charge in [-0.1, -0.05) is 0 Å². The Kier molecular flexibility index (Phi) is 2.76. The van der Waals surface area contributed by atoms with Crippen molar-refractivity contribution in [1.29, 1.82) is 0 Å². The maximum Gasteiger partial charge on any atom is 0.416 e. The lowest BCUT2D eigenvalue weighted by molar-refractivity contribution is -0.137. The fourth-order valence-corrected chi connectivity index (χ4v) is 1.60. The van der Waals surface area contributed by atoms with Crippen molar-refractivity contribution in [3.05, 3.63) is 41.3 Å². The highest BCUT2D eigenvalue weighted by Crippen LogP contribution is 2.31. The molecular weight excluding hydrogens is 250 g/mol. The van der Waals surface area contributed by atoms with E-state index in [4.69, 9.17) is 5.73 Å². The Balaban J connectivity index is 2.51. The summed E-state index contributed by atoms with van der Waals surface area (Å²) < 4.78 is 51.9. The van der Waals surface area contributed by atoms with Gasteiger partial charge in [-0.2, -0.15) is 18.3 Å². The van der Waals surface area contributed by atoms with E-state index in [1.807, 2.05) is 0 Å². The summed E-state index contributed by atoms with van der Waals surface area (Å²) in [6.07, 6.45) is -4.57. The Morgan fingerprint density at radius 3 is 2.33 bits per heavy atom. The van der Waals surface area contributed by atoms with Gasteiger partial charge in [-0.25, -0.2) is 9.07 Å². The van der Waals surface area contributed by atoms with Crippen LogP contribution in [0.4, 0.5) is 23.4 Å². The average Bonchev–Trinajstić information content (AvgIpc) is 2.56. The van der Waals surface area contributed by atoms with Crippen LogP contribution < -0.4 is 5.73 Å². The fourth-order valence-electron chi connectivity index (χ4n) is 1.60. The highest BCUT2D eigenvalue weighted by atomic mass is 19.4. The van der Waals surface area contributed by atoms with Crippen molar-refractivity contribution in [1.82, 2.24) is 9.78 Å². The van der Waals surface area contributed by atoms with Gasteiger partial charge < -0.3 is 5.73 Å². The van der Waals surface area contributed by atoms with Crippen LogP contribution in [0.3, 0.4) is 0 Å². The largest absolute Gasteiger partial charge is 0.416 e. The Bertz CT molecular complexity index is 586. The lowest BCUT2D eigenvalue weighted by Crippen LogP contribution is -2.08. The number of anilines is 1. The molecule has 3 nitrogen and oxygen atoms in total. The normalized spacial score (nSPS) is 11.8. The first-order valence-corrected chi connectivity index (χ1v) is 4.98. The van der Waals surface area contributed by atoms with Gasteiger partial charge in [0.05, 0.1) is 5.56 Å². The zero-order valence-electron chi connectivity index (χ0n) is 9.29. The number of nitrogens with zero attached hydrogens (tertiary/aromatic N) is 2. The summed E-state index contributed by atoms with van der Waals surface area (Å²) in [6.45, 7) is 1.63. The molecule has 1 aromatic heterocycles. The van der Waals surface area contributed by atoms with Gasteiger partial charge in [0.15, 0.2) is 0 Å². The van der Waals surface area contributed by atoms with Crippen molar-refractivity contribution in [2.75, 3.05) is 5.73 Å². The molecule has 0 saturated heterocycles. The second kappa shape index (κ2) is 4.01. The summed E-state index contributed by atoms with van der Waals surface area (Å²) >= 11 is 0. The number of hydrogen-bond acceptors (Lipinski definition) is 2. The van der Waals surface area contributed by atoms with Gasteiger partial charge in [-0.3, -0.25) is 0 Å². The molecule has 1 heterocycles. The smallest absolute Gasteiger partial charge is 0.382 e. The van der Waals surface area contributed by atoms with Crippen LogP contribution in [0.2, 0.25) is 0 Å². The van der Waals surface area contributed by atoms with Crippen LogP contribution in [0.1, 0.15) is 11.3 Å². The van der Waals surface area contributed by atoms with E-state index in [0.29, 0.717) is 11.8 Å². The molecule has 0 atom stereocenters. The van der Waals surface area contributed by atoms with Gasteiger partial charge in [0.1, 0.15) is 17.3 Å². The lowest BCUT2D eigenvalue weighted by atomic mass is 10.2. The molecule has 0 saturated carbocycles. The van der Waals surface area contributed by atoms with Crippen LogP contribution in [-0.2, 0) is 6.18 Å². The van der Waals surface area contributed by atoms with E-state index in [1.165, 1.54) is 6.07 Å². The number of alkyl halides is 3. The van der Waals surface area contributed by atoms with E-state index in [2.05, 4.69) is 5.10 Å². The fraction of sp³-hybridized carbons (Fsp3) is 0.182. The van der Waals surface area contributed by atoms with E-state index >= 15 is 0 Å². The zero-order valence-corrected chi connectivity index (χ0v) is 9.29. The monoisotopic (exact) mass is 259 g/mol. The number of nitrogen functional groups attached to an aromatic ring is 1. The summed E-state index contributed by atoms with van der Waals surface area (Å²) in [6, 6.07) is 3.76. The van der Waals surface area contributed by atoms with Crippen molar-refractivity contribution in [2.24, 2.45) is 0 Å². The first-order valence-electron chi connectivity index (χ1n) is 4.98. The average molecular weight is 259 g/mol. The Labute approximate surface area is 99.8 Å². The maximum atomic E-state index is 13.7.